The Hall–Kier alpha value is -2.38. The smallest absolute Gasteiger partial charge is 0.325 e. The molecule has 8 heteroatoms. The van der Waals surface area contributed by atoms with Crippen LogP contribution in [0.1, 0.15) is 0 Å². The van der Waals surface area contributed by atoms with Crippen LogP contribution < -0.4 is 11.0 Å². The van der Waals surface area contributed by atoms with Crippen LogP contribution in [0, 0.1) is 0 Å². The normalized spacial score (nSPS) is 10.7. The number of carbonyl (C=O) groups excluding carboxylic acids is 1. The molecule has 1 aromatic carbocycles. The predicted octanol–water partition coefficient (Wildman–Crippen LogP) is 2.47. The molecule has 0 aliphatic heterocycles. The molecule has 3 rings (SSSR count). The quantitative estimate of drug-likeness (QED) is 0.734. The summed E-state index contributed by atoms with van der Waals surface area (Å²) in [6, 6.07) is 12.0. The van der Waals surface area contributed by atoms with E-state index in [1.165, 1.54) is 4.40 Å². The predicted molar refractivity (Wildman–Crippen MR) is 90.1 cm³/mol. The van der Waals surface area contributed by atoms with Crippen molar-refractivity contribution in [1.82, 2.24) is 14.4 Å². The van der Waals surface area contributed by atoms with Gasteiger partial charge in [0.05, 0.1) is 5.75 Å². The zero-order chi connectivity index (χ0) is 16.2. The number of amides is 1. The van der Waals surface area contributed by atoms with Crippen LogP contribution >= 0.6 is 23.4 Å². The van der Waals surface area contributed by atoms with Gasteiger partial charge in [-0.25, -0.2) is 9.78 Å². The van der Waals surface area contributed by atoms with Crippen molar-refractivity contribution in [1.29, 1.82) is 0 Å². The molecule has 0 spiro atoms. The Morgan fingerprint density at radius 2 is 1.96 bits per heavy atom. The summed E-state index contributed by atoms with van der Waals surface area (Å²) in [6.07, 6.45) is 1.60. The lowest BCUT2D eigenvalue weighted by atomic mass is 10.3. The van der Waals surface area contributed by atoms with Crippen molar-refractivity contribution < 1.29 is 4.79 Å². The fraction of sp³-hybridized carbons (Fsp3) is 0.0667. The highest BCUT2D eigenvalue weighted by Crippen LogP contribution is 2.15. The number of thioether (sulfide) groups is 1. The van der Waals surface area contributed by atoms with Crippen molar-refractivity contribution in [2.75, 3.05) is 11.1 Å². The molecule has 1 N–H and O–H groups in total. The molecule has 0 saturated carbocycles. The number of hydrogen-bond donors (Lipinski definition) is 1. The SMILES string of the molecule is O=C(CSc1nc(=O)n2ccccc2n1)Nc1ccc(Cl)cc1. The molecule has 0 aliphatic rings. The number of fused-ring (bicyclic) bond motifs is 1. The van der Waals surface area contributed by atoms with Gasteiger partial charge < -0.3 is 5.32 Å². The lowest BCUT2D eigenvalue weighted by molar-refractivity contribution is -0.113. The second-order valence-corrected chi connectivity index (χ2v) is 5.94. The standard InChI is InChI=1S/C15H11ClN4O2S/c16-10-4-6-11(7-5-10)17-13(21)9-23-14-18-12-3-1-2-8-20(12)15(22)19-14/h1-8H,9H2,(H,17,21). The molecule has 3 aromatic rings. The minimum atomic E-state index is -0.420. The second kappa shape index (κ2) is 6.80. The van der Waals surface area contributed by atoms with Crippen LogP contribution in [0.4, 0.5) is 5.69 Å². The first kappa shape index (κ1) is 15.5. The van der Waals surface area contributed by atoms with Gasteiger partial charge in [-0.2, -0.15) is 4.98 Å². The van der Waals surface area contributed by atoms with Crippen LogP contribution in [-0.2, 0) is 4.79 Å². The Labute approximate surface area is 140 Å². The fourth-order valence-electron chi connectivity index (χ4n) is 1.87. The van der Waals surface area contributed by atoms with E-state index in [9.17, 15) is 9.59 Å². The first-order valence-electron chi connectivity index (χ1n) is 6.65. The molecule has 1 amide bonds. The van der Waals surface area contributed by atoms with Gasteiger partial charge in [-0.3, -0.25) is 9.20 Å². The number of hydrogen-bond acceptors (Lipinski definition) is 5. The minimum Gasteiger partial charge on any atom is -0.325 e. The molecule has 0 radical (unpaired) electrons. The summed E-state index contributed by atoms with van der Waals surface area (Å²) in [5.41, 5.74) is 0.726. The van der Waals surface area contributed by atoms with E-state index in [4.69, 9.17) is 11.6 Å². The van der Waals surface area contributed by atoms with Crippen molar-refractivity contribution in [2.45, 2.75) is 5.16 Å². The van der Waals surface area contributed by atoms with E-state index in [1.54, 1.807) is 48.7 Å². The highest BCUT2D eigenvalue weighted by molar-refractivity contribution is 7.99. The summed E-state index contributed by atoms with van der Waals surface area (Å²) in [6.45, 7) is 0. The Kier molecular flexibility index (Phi) is 4.59. The zero-order valence-corrected chi connectivity index (χ0v) is 13.3. The summed E-state index contributed by atoms with van der Waals surface area (Å²) >= 11 is 6.89. The van der Waals surface area contributed by atoms with Crippen LogP contribution in [0.3, 0.4) is 0 Å². The molecule has 0 saturated heterocycles. The van der Waals surface area contributed by atoms with E-state index in [-0.39, 0.29) is 16.8 Å². The lowest BCUT2D eigenvalue weighted by Gasteiger charge is -2.05. The molecule has 0 fully saturated rings. The molecule has 2 heterocycles. The minimum absolute atomic E-state index is 0.102. The van der Waals surface area contributed by atoms with Crippen LogP contribution in [0.5, 0.6) is 0 Å². The lowest BCUT2D eigenvalue weighted by Crippen LogP contribution is -2.20. The molecule has 0 atom stereocenters. The molecule has 23 heavy (non-hydrogen) atoms. The molecule has 2 aromatic heterocycles. The Morgan fingerprint density at radius 3 is 2.74 bits per heavy atom. The molecule has 6 nitrogen and oxygen atoms in total. The topological polar surface area (TPSA) is 76.4 Å². The van der Waals surface area contributed by atoms with E-state index in [2.05, 4.69) is 15.3 Å². The van der Waals surface area contributed by atoms with Gasteiger partial charge in [-0.1, -0.05) is 29.4 Å². The maximum absolute atomic E-state index is 11.9. The van der Waals surface area contributed by atoms with Crippen LogP contribution in [0.15, 0.2) is 58.6 Å². The highest BCUT2D eigenvalue weighted by atomic mass is 35.5. The number of anilines is 1. The van der Waals surface area contributed by atoms with Gasteiger partial charge in [0.15, 0.2) is 5.16 Å². The number of halogens is 1. The van der Waals surface area contributed by atoms with Crippen molar-refractivity contribution >= 4 is 40.6 Å². The number of nitrogens with one attached hydrogen (secondary N) is 1. The van der Waals surface area contributed by atoms with Crippen molar-refractivity contribution in [3.63, 3.8) is 0 Å². The third-order valence-corrected chi connectivity index (χ3v) is 4.01. The molecular formula is C15H11ClN4O2S. The van der Waals surface area contributed by atoms with E-state index in [0.717, 1.165) is 11.8 Å². The summed E-state index contributed by atoms with van der Waals surface area (Å²) in [4.78, 5) is 31.9. The molecule has 0 aliphatic carbocycles. The largest absolute Gasteiger partial charge is 0.355 e. The van der Waals surface area contributed by atoms with E-state index >= 15 is 0 Å². The molecule has 0 unspecified atom stereocenters. The Morgan fingerprint density at radius 1 is 1.17 bits per heavy atom. The maximum Gasteiger partial charge on any atom is 0.355 e. The number of pyridine rings is 1. The Bertz CT molecular complexity index is 911. The first-order chi connectivity index (χ1) is 11.1. The fourth-order valence-corrected chi connectivity index (χ4v) is 2.63. The number of nitrogens with zero attached hydrogens (tertiary/aromatic N) is 3. The van der Waals surface area contributed by atoms with E-state index in [0.29, 0.717) is 16.4 Å². The molecule has 116 valence electrons. The van der Waals surface area contributed by atoms with Gasteiger partial charge in [0.1, 0.15) is 5.65 Å². The number of carbonyl (C=O) groups is 1. The summed E-state index contributed by atoms with van der Waals surface area (Å²) in [7, 11) is 0. The monoisotopic (exact) mass is 346 g/mol. The van der Waals surface area contributed by atoms with Crippen LogP contribution in [0.2, 0.25) is 5.02 Å². The Balaban J connectivity index is 1.67. The summed E-state index contributed by atoms with van der Waals surface area (Å²) < 4.78 is 1.35. The third-order valence-electron chi connectivity index (χ3n) is 2.91. The van der Waals surface area contributed by atoms with Gasteiger partial charge in [0.2, 0.25) is 5.91 Å². The van der Waals surface area contributed by atoms with Crippen molar-refractivity contribution in [3.05, 3.63) is 64.2 Å². The zero-order valence-electron chi connectivity index (χ0n) is 11.8. The number of aromatic nitrogens is 3. The van der Waals surface area contributed by atoms with Gasteiger partial charge in [-0.15, -0.1) is 0 Å². The molecular weight excluding hydrogens is 336 g/mol. The van der Waals surface area contributed by atoms with E-state index < -0.39 is 5.69 Å². The van der Waals surface area contributed by atoms with Crippen LogP contribution in [0.25, 0.3) is 5.65 Å². The second-order valence-electron chi connectivity index (χ2n) is 4.56. The third kappa shape index (κ3) is 3.88. The molecule has 0 bridgehead atoms. The van der Waals surface area contributed by atoms with Gasteiger partial charge in [-0.05, 0) is 36.4 Å². The summed E-state index contributed by atoms with van der Waals surface area (Å²) in [5.74, 6) is -0.111. The maximum atomic E-state index is 11.9. The van der Waals surface area contributed by atoms with Gasteiger partial charge in [0.25, 0.3) is 0 Å². The average molecular weight is 347 g/mol. The first-order valence-corrected chi connectivity index (χ1v) is 8.02. The van der Waals surface area contributed by atoms with Crippen molar-refractivity contribution in [2.24, 2.45) is 0 Å². The number of benzene rings is 1. The van der Waals surface area contributed by atoms with E-state index in [1.807, 2.05) is 0 Å². The number of rotatable bonds is 4. The summed E-state index contributed by atoms with van der Waals surface area (Å²) in [5, 5.41) is 3.60. The van der Waals surface area contributed by atoms with Gasteiger partial charge >= 0.3 is 5.69 Å². The average Bonchev–Trinajstić information content (AvgIpc) is 2.55. The van der Waals surface area contributed by atoms with Gasteiger partial charge in [0, 0.05) is 16.9 Å². The van der Waals surface area contributed by atoms with Crippen LogP contribution in [-0.4, -0.2) is 26.0 Å². The van der Waals surface area contributed by atoms with Crippen molar-refractivity contribution in [3.8, 4) is 0 Å². The highest BCUT2D eigenvalue weighted by Gasteiger charge is 2.08.